The molecule has 0 aromatic heterocycles. The minimum Gasteiger partial charge on any atom is -0.467 e. The minimum absolute atomic E-state index is 0.0437. The lowest BCUT2D eigenvalue weighted by molar-refractivity contribution is -0.145. The van der Waals surface area contributed by atoms with Crippen molar-refractivity contribution >= 4 is 35.9 Å². The maximum atomic E-state index is 14.2. The van der Waals surface area contributed by atoms with Crippen LogP contribution in [0.2, 0.25) is 0 Å². The monoisotopic (exact) mass is 781 g/mol. The molecule has 0 saturated carbocycles. The Morgan fingerprint density at radius 1 is 0.625 bits per heavy atom. The zero-order chi connectivity index (χ0) is 42.1. The summed E-state index contributed by atoms with van der Waals surface area (Å²) in [5.41, 5.74) is 0.0645. The van der Waals surface area contributed by atoms with Crippen LogP contribution in [0, 0.1) is 5.92 Å². The number of benzene rings is 2. The molecule has 0 unspecified atom stereocenters. The van der Waals surface area contributed by atoms with E-state index in [1.165, 1.54) is 7.11 Å². The van der Waals surface area contributed by atoms with Crippen molar-refractivity contribution in [2.45, 2.75) is 136 Å². The standard InChI is InChI=1S/C42H63N5O9/c1-27(2)25-32(35(48)44-31(38(51)54-10)23-17-18-24-43-39(52)55-41(4,5)6)45-36(49)33(26-29-19-13-11-14-20-29)46-37(50)34(47-40(53)56-42(7,8)9)28(3)30-21-15-12-16-22-30/h11-16,19-22,27-28,31-34H,17-18,23-26H2,1-10H3,(H,43,52)(H,44,48)(H,45,49)(H,46,50)(H,47,53)/t28-,31-,32-,33-,34-/m1/s1. The van der Waals surface area contributed by atoms with Gasteiger partial charge in [0.25, 0.3) is 0 Å². The van der Waals surface area contributed by atoms with Crippen LogP contribution >= 0.6 is 0 Å². The molecule has 56 heavy (non-hydrogen) atoms. The molecule has 0 radical (unpaired) electrons. The number of nitrogens with one attached hydrogen (secondary N) is 5. The van der Waals surface area contributed by atoms with Gasteiger partial charge in [-0.15, -0.1) is 0 Å². The zero-order valence-electron chi connectivity index (χ0n) is 34.7. The molecule has 14 nitrogen and oxygen atoms in total. The van der Waals surface area contributed by atoms with Gasteiger partial charge in [0.2, 0.25) is 17.7 Å². The molecule has 0 aliphatic rings. The summed E-state index contributed by atoms with van der Waals surface area (Å²) in [5.74, 6) is -3.07. The average Bonchev–Trinajstić information content (AvgIpc) is 3.11. The molecule has 14 heteroatoms. The predicted molar refractivity (Wildman–Crippen MR) is 214 cm³/mol. The van der Waals surface area contributed by atoms with E-state index in [0.29, 0.717) is 19.4 Å². The van der Waals surface area contributed by atoms with Crippen molar-refractivity contribution in [3.63, 3.8) is 0 Å². The first-order chi connectivity index (χ1) is 26.2. The fraction of sp³-hybridized carbons (Fsp3) is 0.571. The SMILES string of the molecule is COC(=O)[C@@H](CCCCNC(=O)OC(C)(C)C)NC(=O)[C@@H](CC(C)C)NC(=O)[C@@H](Cc1ccccc1)NC(=O)[C@H](NC(=O)OC(C)(C)C)[C@H](C)c1ccccc1. The largest absolute Gasteiger partial charge is 0.467 e. The van der Waals surface area contributed by atoms with Gasteiger partial charge in [0, 0.05) is 18.9 Å². The summed E-state index contributed by atoms with van der Waals surface area (Å²) in [6.45, 7) is 16.3. The molecule has 0 heterocycles. The molecular weight excluding hydrogens is 718 g/mol. The van der Waals surface area contributed by atoms with Crippen LogP contribution in [-0.2, 0) is 39.8 Å². The molecule has 0 fully saturated rings. The fourth-order valence-corrected chi connectivity index (χ4v) is 5.74. The second kappa shape index (κ2) is 22.4. The van der Waals surface area contributed by atoms with Crippen molar-refractivity contribution in [2.24, 2.45) is 5.92 Å². The van der Waals surface area contributed by atoms with E-state index in [2.05, 4.69) is 26.6 Å². The van der Waals surface area contributed by atoms with Crippen molar-refractivity contribution in [2.75, 3.05) is 13.7 Å². The third-order valence-corrected chi connectivity index (χ3v) is 8.43. The number of methoxy groups -OCH3 is 1. The third kappa shape index (κ3) is 18.0. The van der Waals surface area contributed by atoms with Gasteiger partial charge in [0.1, 0.15) is 35.4 Å². The van der Waals surface area contributed by atoms with Crippen LogP contribution in [0.1, 0.15) is 105 Å². The summed E-state index contributed by atoms with van der Waals surface area (Å²) in [6, 6.07) is 13.9. The Bertz CT molecular complexity index is 1570. The van der Waals surface area contributed by atoms with Crippen LogP contribution in [0.15, 0.2) is 60.7 Å². The zero-order valence-corrected chi connectivity index (χ0v) is 34.7. The maximum Gasteiger partial charge on any atom is 0.408 e. The van der Waals surface area contributed by atoms with E-state index < -0.39 is 77.2 Å². The van der Waals surface area contributed by atoms with E-state index in [0.717, 1.165) is 11.1 Å². The van der Waals surface area contributed by atoms with Crippen LogP contribution in [0.25, 0.3) is 0 Å². The highest BCUT2D eigenvalue weighted by atomic mass is 16.6. The summed E-state index contributed by atoms with van der Waals surface area (Å²) in [7, 11) is 1.22. The molecule has 2 aromatic rings. The number of carbonyl (C=O) groups excluding carboxylic acids is 6. The second-order valence-electron chi connectivity index (χ2n) is 16.3. The normalized spacial score (nSPS) is 14.2. The van der Waals surface area contributed by atoms with Gasteiger partial charge in [-0.1, -0.05) is 81.4 Å². The number of alkyl carbamates (subject to hydrolysis) is 2. The number of carbonyl (C=O) groups is 6. The summed E-state index contributed by atoms with van der Waals surface area (Å²) in [6.07, 6.45) is 0.141. The van der Waals surface area contributed by atoms with Gasteiger partial charge >= 0.3 is 18.2 Å². The van der Waals surface area contributed by atoms with Gasteiger partial charge in [0.15, 0.2) is 0 Å². The van der Waals surface area contributed by atoms with Crippen molar-refractivity contribution in [3.05, 3.63) is 71.8 Å². The first-order valence-corrected chi connectivity index (χ1v) is 19.2. The molecule has 0 bridgehead atoms. The smallest absolute Gasteiger partial charge is 0.408 e. The Morgan fingerprint density at radius 2 is 1.14 bits per heavy atom. The number of amides is 5. The van der Waals surface area contributed by atoms with E-state index in [-0.39, 0.29) is 25.2 Å². The number of esters is 1. The number of hydrogen-bond donors (Lipinski definition) is 5. The van der Waals surface area contributed by atoms with Crippen molar-refractivity contribution < 1.29 is 43.0 Å². The first-order valence-electron chi connectivity index (χ1n) is 19.2. The predicted octanol–water partition coefficient (Wildman–Crippen LogP) is 5.29. The molecule has 0 saturated heterocycles. The lowest BCUT2D eigenvalue weighted by Crippen LogP contribution is -2.59. The first kappa shape index (κ1) is 47.0. The molecule has 310 valence electrons. The Kier molecular flexibility index (Phi) is 18.8. The molecular formula is C42H63N5O9. The van der Waals surface area contributed by atoms with E-state index in [4.69, 9.17) is 14.2 Å². The molecule has 5 amide bonds. The van der Waals surface area contributed by atoms with Crippen LogP contribution < -0.4 is 26.6 Å². The van der Waals surface area contributed by atoms with E-state index in [1.54, 1.807) is 48.5 Å². The number of ether oxygens (including phenoxy) is 3. The van der Waals surface area contributed by atoms with Crippen molar-refractivity contribution in [1.82, 2.24) is 26.6 Å². The van der Waals surface area contributed by atoms with Gasteiger partial charge < -0.3 is 40.8 Å². The van der Waals surface area contributed by atoms with Crippen LogP contribution in [-0.4, -0.2) is 84.9 Å². The topological polar surface area (TPSA) is 190 Å². The molecule has 5 N–H and O–H groups in total. The van der Waals surface area contributed by atoms with E-state index in [1.807, 2.05) is 74.5 Å². The maximum absolute atomic E-state index is 14.2. The molecule has 5 atom stereocenters. The van der Waals surface area contributed by atoms with Crippen molar-refractivity contribution in [3.8, 4) is 0 Å². The quantitative estimate of drug-likeness (QED) is 0.0716. The summed E-state index contributed by atoms with van der Waals surface area (Å²) in [4.78, 5) is 79.8. The molecule has 2 aromatic carbocycles. The van der Waals surface area contributed by atoms with Crippen molar-refractivity contribution in [1.29, 1.82) is 0 Å². The highest BCUT2D eigenvalue weighted by Crippen LogP contribution is 2.21. The van der Waals surface area contributed by atoms with Crippen LogP contribution in [0.3, 0.4) is 0 Å². The van der Waals surface area contributed by atoms with E-state index in [9.17, 15) is 28.8 Å². The Hall–Kier alpha value is -5.14. The third-order valence-electron chi connectivity index (χ3n) is 8.43. The summed E-state index contributed by atoms with van der Waals surface area (Å²) in [5, 5.41) is 13.8. The number of rotatable bonds is 19. The van der Waals surface area contributed by atoms with Gasteiger partial charge in [-0.3, -0.25) is 14.4 Å². The molecule has 0 aliphatic heterocycles. The summed E-state index contributed by atoms with van der Waals surface area (Å²) < 4.78 is 15.7. The van der Waals surface area contributed by atoms with Gasteiger partial charge in [-0.2, -0.15) is 0 Å². The molecule has 0 spiro atoms. The Labute approximate surface area is 331 Å². The summed E-state index contributed by atoms with van der Waals surface area (Å²) >= 11 is 0. The average molecular weight is 782 g/mol. The van der Waals surface area contributed by atoms with Gasteiger partial charge in [-0.25, -0.2) is 14.4 Å². The van der Waals surface area contributed by atoms with Crippen LogP contribution in [0.5, 0.6) is 0 Å². The Balaban J connectivity index is 2.30. The lowest BCUT2D eigenvalue weighted by atomic mass is 9.92. The van der Waals surface area contributed by atoms with E-state index >= 15 is 0 Å². The van der Waals surface area contributed by atoms with Gasteiger partial charge in [-0.05, 0) is 84.3 Å². The molecule has 2 rings (SSSR count). The van der Waals surface area contributed by atoms with Crippen LogP contribution in [0.4, 0.5) is 9.59 Å². The minimum atomic E-state index is -1.16. The fourth-order valence-electron chi connectivity index (χ4n) is 5.74. The highest BCUT2D eigenvalue weighted by molar-refractivity contribution is 5.95. The Morgan fingerprint density at radius 3 is 1.70 bits per heavy atom. The number of hydrogen-bond acceptors (Lipinski definition) is 9. The van der Waals surface area contributed by atoms with Gasteiger partial charge in [0.05, 0.1) is 7.11 Å². The molecule has 0 aliphatic carbocycles. The second-order valence-corrected chi connectivity index (χ2v) is 16.3. The lowest BCUT2D eigenvalue weighted by Gasteiger charge is -2.29. The highest BCUT2D eigenvalue weighted by Gasteiger charge is 2.35. The number of unbranched alkanes of at least 4 members (excludes halogenated alkanes) is 1.